The molecule has 1 aromatic rings. The van der Waals surface area contributed by atoms with Crippen LogP contribution in [0.1, 0.15) is 21.1 Å². The van der Waals surface area contributed by atoms with Crippen LogP contribution in [-0.4, -0.2) is 72.9 Å². The minimum absolute atomic E-state index is 0.0575. The first-order valence-corrected chi connectivity index (χ1v) is 8.68. The lowest BCUT2D eigenvalue weighted by Gasteiger charge is -2.38. The van der Waals surface area contributed by atoms with E-state index in [1.165, 1.54) is 19.1 Å². The van der Waals surface area contributed by atoms with E-state index in [1.54, 1.807) is 0 Å². The van der Waals surface area contributed by atoms with Crippen LogP contribution in [0.5, 0.6) is 0 Å². The molecule has 3 aliphatic rings. The average Bonchev–Trinajstić information content (AvgIpc) is 3.22. The third-order valence-electron chi connectivity index (χ3n) is 5.35. The molecule has 2 amide bonds. The van der Waals surface area contributed by atoms with Crippen LogP contribution in [0.4, 0.5) is 0 Å². The summed E-state index contributed by atoms with van der Waals surface area (Å²) in [5, 5.41) is 0. The Hall–Kier alpha value is -1.96. The van der Waals surface area contributed by atoms with Crippen LogP contribution in [0.3, 0.4) is 0 Å². The summed E-state index contributed by atoms with van der Waals surface area (Å²) in [5.74, 6) is -2.38. The number of carbonyl (C=O) groups is 2. The van der Waals surface area contributed by atoms with Crippen LogP contribution >= 0.6 is 0 Å². The van der Waals surface area contributed by atoms with Crippen LogP contribution in [0, 0.1) is 0 Å². The lowest BCUT2D eigenvalue weighted by Crippen LogP contribution is -2.60. The van der Waals surface area contributed by atoms with Gasteiger partial charge in [0, 0.05) is 33.6 Å². The molecule has 0 unspecified atom stereocenters. The number of ether oxygens (including phenoxy) is 3. The standard InChI is InChI=1S/C19H24N2O5/c1-24-19(25-2)9-16-18(23)20-10-14(8-15(20)17(22)21(16)12-19)26-11-13-6-4-3-5-7-13/h3-7,14-16H,8-12H2,1-2H3/t14-,15+,16+/m0/s1/i15D,16D. The maximum Gasteiger partial charge on any atom is 0.246 e. The quantitative estimate of drug-likeness (QED) is 0.724. The molecular weight excluding hydrogens is 336 g/mol. The molecule has 0 saturated carbocycles. The largest absolute Gasteiger partial charge is 0.372 e. The van der Waals surface area contributed by atoms with Gasteiger partial charge in [0.05, 0.1) is 22.0 Å². The van der Waals surface area contributed by atoms with E-state index in [9.17, 15) is 9.59 Å². The molecule has 0 aliphatic carbocycles. The molecule has 4 rings (SSSR count). The Morgan fingerprint density at radius 2 is 1.81 bits per heavy atom. The number of hydrogen-bond acceptors (Lipinski definition) is 5. The molecule has 3 saturated heterocycles. The Balaban J connectivity index is 1.55. The predicted octanol–water partition coefficient (Wildman–Crippen LogP) is 0.776. The molecule has 7 nitrogen and oxygen atoms in total. The Morgan fingerprint density at radius 1 is 1.12 bits per heavy atom. The highest BCUT2D eigenvalue weighted by molar-refractivity contribution is 5.98. The number of rotatable bonds is 5. The van der Waals surface area contributed by atoms with Crippen LogP contribution < -0.4 is 0 Å². The zero-order chi connectivity index (χ0) is 20.2. The van der Waals surface area contributed by atoms with Crippen molar-refractivity contribution >= 4 is 11.8 Å². The molecule has 3 heterocycles. The Kier molecular flexibility index (Phi) is 3.87. The zero-order valence-corrected chi connectivity index (χ0v) is 14.9. The Bertz CT molecular complexity index is 788. The van der Waals surface area contributed by atoms with E-state index in [4.69, 9.17) is 17.0 Å². The third-order valence-corrected chi connectivity index (χ3v) is 5.35. The van der Waals surface area contributed by atoms with Gasteiger partial charge in [0.2, 0.25) is 11.8 Å². The number of nitrogens with zero attached hydrogens (tertiary/aromatic N) is 2. The second-order valence-corrected chi connectivity index (χ2v) is 6.82. The van der Waals surface area contributed by atoms with Gasteiger partial charge in [0.1, 0.15) is 12.0 Å². The number of amides is 2. The maximum atomic E-state index is 13.2. The fourth-order valence-electron chi connectivity index (χ4n) is 3.81. The number of carbonyl (C=O) groups excluding carboxylic acids is 2. The lowest BCUT2D eigenvalue weighted by molar-refractivity contribution is -0.196. The van der Waals surface area contributed by atoms with E-state index >= 15 is 0 Å². The molecule has 0 spiro atoms. The highest BCUT2D eigenvalue weighted by Gasteiger charge is 2.58. The number of methoxy groups -OCH3 is 2. The van der Waals surface area contributed by atoms with Crippen molar-refractivity contribution in [3.05, 3.63) is 35.9 Å². The highest BCUT2D eigenvalue weighted by atomic mass is 16.7. The summed E-state index contributed by atoms with van der Waals surface area (Å²) in [4.78, 5) is 28.6. The monoisotopic (exact) mass is 362 g/mol. The van der Waals surface area contributed by atoms with Gasteiger partial charge in [-0.15, -0.1) is 0 Å². The molecule has 26 heavy (non-hydrogen) atoms. The lowest BCUT2D eigenvalue weighted by atomic mass is 10.1. The summed E-state index contributed by atoms with van der Waals surface area (Å²) in [6.07, 6.45) is -0.465. The summed E-state index contributed by atoms with van der Waals surface area (Å²) in [6, 6.07) is 5.99. The van der Waals surface area contributed by atoms with Crippen molar-refractivity contribution in [1.29, 1.82) is 0 Å². The van der Waals surface area contributed by atoms with Crippen molar-refractivity contribution < 1.29 is 26.5 Å². The van der Waals surface area contributed by atoms with E-state index in [2.05, 4.69) is 0 Å². The molecule has 0 N–H and O–H groups in total. The smallest absolute Gasteiger partial charge is 0.246 e. The molecule has 1 aromatic carbocycles. The van der Waals surface area contributed by atoms with Crippen molar-refractivity contribution in [2.45, 2.75) is 43.4 Å². The number of fused-ring (bicyclic) bond motifs is 2. The van der Waals surface area contributed by atoms with Gasteiger partial charge in [-0.1, -0.05) is 30.3 Å². The van der Waals surface area contributed by atoms with Crippen LogP contribution in [0.15, 0.2) is 30.3 Å². The van der Waals surface area contributed by atoms with Crippen LogP contribution in [-0.2, 0) is 30.4 Å². The van der Waals surface area contributed by atoms with E-state index < -0.39 is 35.7 Å². The minimum atomic E-state index is -1.83. The summed E-state index contributed by atoms with van der Waals surface area (Å²) in [7, 11) is 2.84. The number of benzene rings is 1. The average molecular weight is 362 g/mol. The topological polar surface area (TPSA) is 68.3 Å². The molecular formula is C19H24N2O5. The van der Waals surface area contributed by atoms with Gasteiger partial charge in [-0.3, -0.25) is 9.59 Å². The number of piperazine rings is 1. The van der Waals surface area contributed by atoms with E-state index in [0.29, 0.717) is 6.61 Å². The van der Waals surface area contributed by atoms with Gasteiger partial charge in [-0.2, -0.15) is 0 Å². The molecule has 3 atom stereocenters. The van der Waals surface area contributed by atoms with E-state index in [1.807, 2.05) is 30.3 Å². The SMILES string of the molecule is [2H][C@]12C[C@H](OCc3ccccc3)CN1C(=O)[C@@]1([2H])CC(OC)(OC)CN1C2=O. The van der Waals surface area contributed by atoms with Crippen molar-refractivity contribution in [3.8, 4) is 0 Å². The molecule has 0 aromatic heterocycles. The highest BCUT2D eigenvalue weighted by Crippen LogP contribution is 2.38. The van der Waals surface area contributed by atoms with Crippen LogP contribution in [0.25, 0.3) is 0 Å². The zero-order valence-electron chi connectivity index (χ0n) is 16.9. The summed E-state index contributed by atoms with van der Waals surface area (Å²) in [5.41, 5.74) is 0.978. The van der Waals surface area contributed by atoms with Gasteiger partial charge in [0.25, 0.3) is 0 Å². The second kappa shape index (κ2) is 6.64. The second-order valence-electron chi connectivity index (χ2n) is 6.82. The van der Waals surface area contributed by atoms with Gasteiger partial charge >= 0.3 is 0 Å². The molecule has 0 radical (unpaired) electrons. The first kappa shape index (κ1) is 15.1. The molecule has 140 valence electrons. The Labute approximate surface area is 155 Å². The van der Waals surface area contributed by atoms with Gasteiger partial charge in [0.15, 0.2) is 5.79 Å². The van der Waals surface area contributed by atoms with E-state index in [-0.39, 0.29) is 25.9 Å². The van der Waals surface area contributed by atoms with Crippen molar-refractivity contribution in [2.24, 2.45) is 0 Å². The van der Waals surface area contributed by atoms with Crippen LogP contribution in [0.2, 0.25) is 0 Å². The first-order chi connectivity index (χ1) is 13.3. The maximum absolute atomic E-state index is 13.2. The molecule has 7 heteroatoms. The number of hydrogen-bond donors (Lipinski definition) is 0. The van der Waals surface area contributed by atoms with Gasteiger partial charge < -0.3 is 24.0 Å². The first-order valence-electron chi connectivity index (χ1n) is 9.68. The van der Waals surface area contributed by atoms with E-state index in [0.717, 1.165) is 10.5 Å². The fourth-order valence-corrected chi connectivity index (χ4v) is 3.81. The predicted molar refractivity (Wildman–Crippen MR) is 92.0 cm³/mol. The normalized spacial score (nSPS) is 36.6. The summed E-state index contributed by atoms with van der Waals surface area (Å²) < 4.78 is 34.1. The Morgan fingerprint density at radius 3 is 2.50 bits per heavy atom. The summed E-state index contributed by atoms with van der Waals surface area (Å²) in [6.45, 7) is 0.393. The molecule has 0 bridgehead atoms. The van der Waals surface area contributed by atoms with Gasteiger partial charge in [-0.05, 0) is 5.56 Å². The fraction of sp³-hybridized carbons (Fsp3) is 0.579. The van der Waals surface area contributed by atoms with Gasteiger partial charge in [-0.25, -0.2) is 0 Å². The van der Waals surface area contributed by atoms with Crippen molar-refractivity contribution in [3.63, 3.8) is 0 Å². The molecule has 3 fully saturated rings. The molecule has 3 aliphatic heterocycles. The third kappa shape index (κ3) is 2.80. The van der Waals surface area contributed by atoms with Crippen molar-refractivity contribution in [1.82, 2.24) is 9.80 Å². The minimum Gasteiger partial charge on any atom is -0.372 e. The van der Waals surface area contributed by atoms with Crippen molar-refractivity contribution in [2.75, 3.05) is 27.3 Å². The summed E-state index contributed by atoms with van der Waals surface area (Å²) >= 11 is 0.